The quantitative estimate of drug-likeness (QED) is 0.465. The maximum absolute atomic E-state index is 10.1. The SMILES string of the molecule is CCNC(=NCC(O)COc1cccc(C)c1)NCC(C)c1ccsc1. The fraction of sp³-hybridized carbons (Fsp3) is 0.450. The summed E-state index contributed by atoms with van der Waals surface area (Å²) in [6, 6.07) is 9.94. The van der Waals surface area contributed by atoms with Gasteiger partial charge in [-0.15, -0.1) is 0 Å². The molecule has 0 amide bonds. The molecule has 0 saturated heterocycles. The molecule has 1 heterocycles. The highest BCUT2D eigenvalue weighted by Crippen LogP contribution is 2.17. The number of aryl methyl sites for hydroxylation is 1. The van der Waals surface area contributed by atoms with E-state index in [1.165, 1.54) is 5.56 Å². The zero-order valence-electron chi connectivity index (χ0n) is 15.7. The minimum Gasteiger partial charge on any atom is -0.491 e. The minimum absolute atomic E-state index is 0.220. The van der Waals surface area contributed by atoms with E-state index in [4.69, 9.17) is 4.74 Å². The molecule has 0 aliphatic heterocycles. The molecule has 1 aromatic heterocycles. The van der Waals surface area contributed by atoms with Gasteiger partial charge in [0.1, 0.15) is 18.5 Å². The molecule has 2 unspecified atom stereocenters. The van der Waals surface area contributed by atoms with Gasteiger partial charge < -0.3 is 20.5 Å². The Morgan fingerprint density at radius 1 is 1.31 bits per heavy atom. The highest BCUT2D eigenvalue weighted by Gasteiger charge is 2.09. The Morgan fingerprint density at radius 3 is 2.85 bits per heavy atom. The lowest BCUT2D eigenvalue weighted by Gasteiger charge is -2.16. The van der Waals surface area contributed by atoms with E-state index >= 15 is 0 Å². The van der Waals surface area contributed by atoms with Crippen molar-refractivity contribution >= 4 is 17.3 Å². The minimum atomic E-state index is -0.653. The van der Waals surface area contributed by atoms with Gasteiger partial charge in [-0.2, -0.15) is 11.3 Å². The lowest BCUT2D eigenvalue weighted by molar-refractivity contribution is 0.114. The molecule has 2 rings (SSSR count). The zero-order valence-corrected chi connectivity index (χ0v) is 16.6. The van der Waals surface area contributed by atoms with Crippen LogP contribution in [0.2, 0.25) is 0 Å². The van der Waals surface area contributed by atoms with Crippen LogP contribution in [0, 0.1) is 6.92 Å². The first-order valence-corrected chi connectivity index (χ1v) is 9.94. The van der Waals surface area contributed by atoms with Gasteiger partial charge in [0.05, 0.1) is 6.54 Å². The van der Waals surface area contributed by atoms with Crippen LogP contribution in [-0.4, -0.2) is 43.4 Å². The predicted molar refractivity (Wildman–Crippen MR) is 109 cm³/mol. The number of hydrogen-bond donors (Lipinski definition) is 3. The number of aliphatic hydroxyl groups excluding tert-OH is 1. The molecule has 6 heteroatoms. The lowest BCUT2D eigenvalue weighted by Crippen LogP contribution is -2.39. The molecule has 5 nitrogen and oxygen atoms in total. The fourth-order valence-electron chi connectivity index (χ4n) is 2.41. The second kappa shape index (κ2) is 10.8. The van der Waals surface area contributed by atoms with Crippen molar-refractivity contribution in [2.45, 2.75) is 32.8 Å². The van der Waals surface area contributed by atoms with Crippen molar-refractivity contribution in [1.29, 1.82) is 0 Å². The van der Waals surface area contributed by atoms with Crippen LogP contribution in [0.15, 0.2) is 46.1 Å². The number of aliphatic imine (C=N–C) groups is 1. The van der Waals surface area contributed by atoms with Gasteiger partial charge in [0.25, 0.3) is 0 Å². The number of hydrogen-bond acceptors (Lipinski definition) is 4. The number of guanidine groups is 1. The Bertz CT molecular complexity index is 673. The third-order valence-corrected chi connectivity index (χ3v) is 4.63. The van der Waals surface area contributed by atoms with Crippen LogP contribution >= 0.6 is 11.3 Å². The van der Waals surface area contributed by atoms with Gasteiger partial charge in [0, 0.05) is 13.1 Å². The van der Waals surface area contributed by atoms with Crippen molar-refractivity contribution in [3.05, 3.63) is 52.2 Å². The smallest absolute Gasteiger partial charge is 0.191 e. The van der Waals surface area contributed by atoms with E-state index in [2.05, 4.69) is 39.4 Å². The lowest BCUT2D eigenvalue weighted by atomic mass is 10.1. The Kier molecular flexibility index (Phi) is 8.44. The van der Waals surface area contributed by atoms with Gasteiger partial charge >= 0.3 is 0 Å². The molecule has 0 aliphatic carbocycles. The molecule has 2 aromatic rings. The van der Waals surface area contributed by atoms with Crippen LogP contribution in [-0.2, 0) is 0 Å². The second-order valence-electron chi connectivity index (χ2n) is 6.34. The number of nitrogens with one attached hydrogen (secondary N) is 2. The molecule has 0 radical (unpaired) electrons. The normalized spacial score (nSPS) is 13.9. The van der Waals surface area contributed by atoms with E-state index in [0.717, 1.165) is 24.4 Å². The van der Waals surface area contributed by atoms with Crippen molar-refractivity contribution in [3.8, 4) is 5.75 Å². The monoisotopic (exact) mass is 375 g/mol. The van der Waals surface area contributed by atoms with Crippen LogP contribution in [0.5, 0.6) is 5.75 Å². The van der Waals surface area contributed by atoms with Crippen molar-refractivity contribution in [2.24, 2.45) is 4.99 Å². The number of aliphatic hydroxyl groups is 1. The number of rotatable bonds is 9. The van der Waals surface area contributed by atoms with Gasteiger partial charge in [-0.3, -0.25) is 4.99 Å². The number of benzene rings is 1. The van der Waals surface area contributed by atoms with Gasteiger partial charge in [-0.25, -0.2) is 0 Å². The summed E-state index contributed by atoms with van der Waals surface area (Å²) in [5.74, 6) is 1.88. The Balaban J connectivity index is 1.79. The standard InChI is InChI=1S/C20H29N3O2S/c1-4-21-20(22-11-16(3)17-8-9-26-14-17)23-12-18(24)13-25-19-7-5-6-15(2)10-19/h5-10,14,16,18,24H,4,11-13H2,1-3H3,(H2,21,22,23). The maximum atomic E-state index is 10.1. The summed E-state index contributed by atoms with van der Waals surface area (Å²) in [7, 11) is 0. The molecular weight excluding hydrogens is 346 g/mol. The van der Waals surface area contributed by atoms with E-state index in [1.807, 2.05) is 38.1 Å². The molecule has 1 aromatic carbocycles. The predicted octanol–water partition coefficient (Wildman–Crippen LogP) is 3.16. The van der Waals surface area contributed by atoms with Crippen molar-refractivity contribution in [2.75, 3.05) is 26.2 Å². The van der Waals surface area contributed by atoms with E-state index in [9.17, 15) is 5.11 Å². The summed E-state index contributed by atoms with van der Waals surface area (Å²) in [6.07, 6.45) is -0.653. The average Bonchev–Trinajstić information content (AvgIpc) is 3.17. The highest BCUT2D eigenvalue weighted by molar-refractivity contribution is 7.07. The first-order chi connectivity index (χ1) is 12.6. The number of thiophene rings is 1. The Labute approximate surface area is 160 Å². The molecule has 0 bridgehead atoms. The first kappa shape index (κ1) is 20.3. The van der Waals surface area contributed by atoms with Crippen molar-refractivity contribution < 1.29 is 9.84 Å². The third-order valence-electron chi connectivity index (χ3n) is 3.92. The zero-order chi connectivity index (χ0) is 18.8. The summed E-state index contributed by atoms with van der Waals surface area (Å²) in [4.78, 5) is 4.46. The van der Waals surface area contributed by atoms with Crippen LogP contribution in [0.3, 0.4) is 0 Å². The average molecular weight is 376 g/mol. The van der Waals surface area contributed by atoms with Crippen LogP contribution < -0.4 is 15.4 Å². The van der Waals surface area contributed by atoms with Crippen LogP contribution in [0.4, 0.5) is 0 Å². The van der Waals surface area contributed by atoms with Gasteiger partial charge in [-0.1, -0.05) is 19.1 Å². The summed E-state index contributed by atoms with van der Waals surface area (Å²) in [5.41, 5.74) is 2.46. The topological polar surface area (TPSA) is 65.9 Å². The summed E-state index contributed by atoms with van der Waals surface area (Å²) < 4.78 is 5.63. The molecule has 142 valence electrons. The van der Waals surface area contributed by atoms with Crippen LogP contribution in [0.25, 0.3) is 0 Å². The molecule has 0 fully saturated rings. The molecule has 3 N–H and O–H groups in total. The second-order valence-corrected chi connectivity index (χ2v) is 7.12. The van der Waals surface area contributed by atoms with E-state index in [-0.39, 0.29) is 13.2 Å². The Morgan fingerprint density at radius 2 is 2.15 bits per heavy atom. The Hall–Kier alpha value is -2.05. The van der Waals surface area contributed by atoms with Gasteiger partial charge in [0.2, 0.25) is 0 Å². The molecular formula is C20H29N3O2S. The fourth-order valence-corrected chi connectivity index (χ4v) is 3.19. The summed E-state index contributed by atoms with van der Waals surface area (Å²) in [5, 5.41) is 20.9. The number of nitrogens with zero attached hydrogens (tertiary/aromatic N) is 1. The van der Waals surface area contributed by atoms with Crippen molar-refractivity contribution in [1.82, 2.24) is 10.6 Å². The van der Waals surface area contributed by atoms with Gasteiger partial charge in [-0.05, 0) is 59.9 Å². The van der Waals surface area contributed by atoms with Crippen LogP contribution in [0.1, 0.15) is 30.9 Å². The molecule has 0 spiro atoms. The summed E-state index contributed by atoms with van der Waals surface area (Å²) >= 11 is 1.71. The molecule has 0 aliphatic rings. The maximum Gasteiger partial charge on any atom is 0.191 e. The summed E-state index contributed by atoms with van der Waals surface area (Å²) in [6.45, 7) is 8.29. The molecule has 0 saturated carbocycles. The largest absolute Gasteiger partial charge is 0.491 e. The molecule has 26 heavy (non-hydrogen) atoms. The molecule has 2 atom stereocenters. The third kappa shape index (κ3) is 7.06. The van der Waals surface area contributed by atoms with E-state index < -0.39 is 6.10 Å². The van der Waals surface area contributed by atoms with E-state index in [1.54, 1.807) is 11.3 Å². The first-order valence-electron chi connectivity index (χ1n) is 9.00. The highest BCUT2D eigenvalue weighted by atomic mass is 32.1. The van der Waals surface area contributed by atoms with Gasteiger partial charge in [0.15, 0.2) is 5.96 Å². The van der Waals surface area contributed by atoms with E-state index in [0.29, 0.717) is 11.9 Å². The number of ether oxygens (including phenoxy) is 1. The van der Waals surface area contributed by atoms with Crippen molar-refractivity contribution in [3.63, 3.8) is 0 Å².